The Labute approximate surface area is 124 Å². The van der Waals surface area contributed by atoms with Gasteiger partial charge in [0.25, 0.3) is 0 Å². The molecule has 1 aromatic carbocycles. The van der Waals surface area contributed by atoms with Crippen molar-refractivity contribution in [2.24, 2.45) is 0 Å². The second-order valence-electron chi connectivity index (χ2n) is 5.92. The maximum atomic E-state index is 3.71. The molecule has 0 bridgehead atoms. The molecule has 104 valence electrons. The van der Waals surface area contributed by atoms with Crippen LogP contribution in [0.4, 0.5) is 0 Å². The van der Waals surface area contributed by atoms with Gasteiger partial charge in [0.1, 0.15) is 0 Å². The first-order valence-electron chi connectivity index (χ1n) is 7.52. The van der Waals surface area contributed by atoms with E-state index in [0.29, 0.717) is 0 Å². The Hall–Kier alpha value is -0.380. The van der Waals surface area contributed by atoms with Gasteiger partial charge in [-0.1, -0.05) is 28.1 Å². The fraction of sp³-hybridized carbons (Fsp3) is 0.625. The predicted octanol–water partition coefficient (Wildman–Crippen LogP) is 3.38. The van der Waals surface area contributed by atoms with Crippen molar-refractivity contribution in [3.63, 3.8) is 0 Å². The van der Waals surface area contributed by atoms with Gasteiger partial charge < -0.3 is 10.2 Å². The minimum atomic E-state index is 0.742. The quantitative estimate of drug-likeness (QED) is 0.894. The highest BCUT2D eigenvalue weighted by Crippen LogP contribution is 2.37. The molecule has 0 amide bonds. The van der Waals surface area contributed by atoms with E-state index in [0.717, 1.165) is 18.5 Å². The molecule has 1 aliphatic heterocycles. The summed E-state index contributed by atoms with van der Waals surface area (Å²) >= 11 is 3.56. The molecule has 1 aromatic rings. The lowest BCUT2D eigenvalue weighted by molar-refractivity contribution is 0.266. The van der Waals surface area contributed by atoms with E-state index in [1.165, 1.54) is 55.4 Å². The molecular formula is C16H23BrN2. The fourth-order valence-electron chi connectivity index (χ4n) is 3.25. The van der Waals surface area contributed by atoms with Crippen LogP contribution in [0.5, 0.6) is 0 Å². The number of halogens is 1. The van der Waals surface area contributed by atoms with Crippen LogP contribution in [0.25, 0.3) is 0 Å². The van der Waals surface area contributed by atoms with E-state index in [-0.39, 0.29) is 0 Å². The summed E-state index contributed by atoms with van der Waals surface area (Å²) in [4.78, 5) is 2.58. The van der Waals surface area contributed by atoms with Crippen LogP contribution in [-0.4, -0.2) is 37.1 Å². The van der Waals surface area contributed by atoms with Crippen LogP contribution in [-0.2, 0) is 0 Å². The normalized spacial score (nSPS) is 27.4. The van der Waals surface area contributed by atoms with Crippen molar-refractivity contribution in [3.05, 3.63) is 34.3 Å². The Balaban J connectivity index is 1.36. The molecule has 0 radical (unpaired) electrons. The van der Waals surface area contributed by atoms with Crippen LogP contribution in [0.3, 0.4) is 0 Å². The first-order chi connectivity index (χ1) is 9.31. The lowest BCUT2D eigenvalue weighted by Crippen LogP contribution is -2.43. The van der Waals surface area contributed by atoms with Gasteiger partial charge in [-0.05, 0) is 62.4 Å². The Kier molecular flexibility index (Phi) is 4.57. The van der Waals surface area contributed by atoms with Gasteiger partial charge >= 0.3 is 0 Å². The highest BCUT2D eigenvalue weighted by molar-refractivity contribution is 9.10. The molecule has 2 fully saturated rings. The summed E-state index contributed by atoms with van der Waals surface area (Å²) in [6.07, 6.45) is 5.40. The SMILES string of the molecule is Brc1cccc(C2CC(NCCN3CCCC3)C2)c1. The van der Waals surface area contributed by atoms with Gasteiger partial charge in [0.2, 0.25) is 0 Å². The zero-order valence-corrected chi connectivity index (χ0v) is 13.0. The van der Waals surface area contributed by atoms with Gasteiger partial charge in [-0.2, -0.15) is 0 Å². The van der Waals surface area contributed by atoms with E-state index in [2.05, 4.69) is 50.4 Å². The minimum absolute atomic E-state index is 0.742. The third-order valence-corrected chi connectivity index (χ3v) is 5.01. The van der Waals surface area contributed by atoms with Gasteiger partial charge in [0.15, 0.2) is 0 Å². The number of hydrogen-bond donors (Lipinski definition) is 1. The number of likely N-dealkylation sites (tertiary alicyclic amines) is 1. The number of nitrogens with one attached hydrogen (secondary N) is 1. The van der Waals surface area contributed by atoms with Crippen LogP contribution in [0.2, 0.25) is 0 Å². The zero-order chi connectivity index (χ0) is 13.1. The van der Waals surface area contributed by atoms with E-state index in [1.54, 1.807) is 0 Å². The van der Waals surface area contributed by atoms with E-state index in [9.17, 15) is 0 Å². The third kappa shape index (κ3) is 3.59. The van der Waals surface area contributed by atoms with Crippen molar-refractivity contribution >= 4 is 15.9 Å². The van der Waals surface area contributed by atoms with E-state index >= 15 is 0 Å². The van der Waals surface area contributed by atoms with Gasteiger partial charge in [-0.25, -0.2) is 0 Å². The molecule has 0 aromatic heterocycles. The maximum absolute atomic E-state index is 3.71. The van der Waals surface area contributed by atoms with Crippen LogP contribution in [0, 0.1) is 0 Å². The molecule has 1 aliphatic carbocycles. The van der Waals surface area contributed by atoms with Crippen molar-refractivity contribution in [2.75, 3.05) is 26.2 Å². The highest BCUT2D eigenvalue weighted by atomic mass is 79.9. The number of rotatable bonds is 5. The summed E-state index contributed by atoms with van der Waals surface area (Å²) in [6.45, 7) is 5.02. The monoisotopic (exact) mass is 322 g/mol. The largest absolute Gasteiger partial charge is 0.313 e. The Morgan fingerprint density at radius 2 is 2.00 bits per heavy atom. The molecule has 0 spiro atoms. The summed E-state index contributed by atoms with van der Waals surface area (Å²) in [7, 11) is 0. The van der Waals surface area contributed by atoms with Crippen molar-refractivity contribution in [2.45, 2.75) is 37.6 Å². The highest BCUT2D eigenvalue weighted by Gasteiger charge is 2.29. The van der Waals surface area contributed by atoms with Crippen molar-refractivity contribution in [1.29, 1.82) is 0 Å². The van der Waals surface area contributed by atoms with Crippen LogP contribution in [0.15, 0.2) is 28.7 Å². The second-order valence-corrected chi connectivity index (χ2v) is 6.84. The molecule has 3 heteroatoms. The standard InChI is InChI=1S/C16H23BrN2/c17-15-5-3-4-13(10-15)14-11-16(12-14)18-6-9-19-7-1-2-8-19/h3-5,10,14,16,18H,1-2,6-9,11-12H2. The van der Waals surface area contributed by atoms with Gasteiger partial charge in [0, 0.05) is 23.6 Å². The second kappa shape index (κ2) is 6.38. The third-order valence-electron chi connectivity index (χ3n) is 4.52. The lowest BCUT2D eigenvalue weighted by atomic mass is 9.76. The topological polar surface area (TPSA) is 15.3 Å². The van der Waals surface area contributed by atoms with E-state index < -0.39 is 0 Å². The predicted molar refractivity (Wildman–Crippen MR) is 83.6 cm³/mol. The molecule has 1 heterocycles. The van der Waals surface area contributed by atoms with Crippen molar-refractivity contribution < 1.29 is 0 Å². The molecule has 1 saturated carbocycles. The minimum Gasteiger partial charge on any atom is -0.313 e. The summed E-state index contributed by atoms with van der Waals surface area (Å²) < 4.78 is 1.20. The average molecular weight is 323 g/mol. The molecular weight excluding hydrogens is 300 g/mol. The molecule has 0 atom stereocenters. The first kappa shape index (κ1) is 13.6. The molecule has 19 heavy (non-hydrogen) atoms. The van der Waals surface area contributed by atoms with E-state index in [4.69, 9.17) is 0 Å². The first-order valence-corrected chi connectivity index (χ1v) is 8.32. The molecule has 1 N–H and O–H groups in total. The molecule has 2 aliphatic rings. The Morgan fingerprint density at radius 3 is 2.74 bits per heavy atom. The Morgan fingerprint density at radius 1 is 1.21 bits per heavy atom. The number of hydrogen-bond acceptors (Lipinski definition) is 2. The molecule has 3 rings (SSSR count). The van der Waals surface area contributed by atoms with Crippen LogP contribution < -0.4 is 5.32 Å². The van der Waals surface area contributed by atoms with Crippen molar-refractivity contribution in [1.82, 2.24) is 10.2 Å². The number of benzene rings is 1. The van der Waals surface area contributed by atoms with Gasteiger partial charge in [-0.15, -0.1) is 0 Å². The van der Waals surface area contributed by atoms with Crippen LogP contribution >= 0.6 is 15.9 Å². The molecule has 0 unspecified atom stereocenters. The fourth-order valence-corrected chi connectivity index (χ4v) is 3.67. The number of nitrogens with zero attached hydrogens (tertiary/aromatic N) is 1. The van der Waals surface area contributed by atoms with E-state index in [1.807, 2.05) is 0 Å². The summed E-state index contributed by atoms with van der Waals surface area (Å²) in [6, 6.07) is 9.52. The maximum Gasteiger partial charge on any atom is 0.0178 e. The van der Waals surface area contributed by atoms with Gasteiger partial charge in [0.05, 0.1) is 0 Å². The van der Waals surface area contributed by atoms with Gasteiger partial charge in [-0.3, -0.25) is 0 Å². The summed E-state index contributed by atoms with van der Waals surface area (Å²) in [5.74, 6) is 0.766. The average Bonchev–Trinajstić information content (AvgIpc) is 2.85. The summed E-state index contributed by atoms with van der Waals surface area (Å²) in [5, 5.41) is 3.71. The Bertz CT molecular complexity index is 409. The smallest absolute Gasteiger partial charge is 0.0178 e. The van der Waals surface area contributed by atoms with Crippen LogP contribution in [0.1, 0.15) is 37.2 Å². The summed E-state index contributed by atoms with van der Waals surface area (Å²) in [5.41, 5.74) is 1.49. The molecule has 2 nitrogen and oxygen atoms in total. The lowest BCUT2D eigenvalue weighted by Gasteiger charge is -2.37. The van der Waals surface area contributed by atoms with Crippen molar-refractivity contribution in [3.8, 4) is 0 Å². The zero-order valence-electron chi connectivity index (χ0n) is 11.4. The molecule has 1 saturated heterocycles.